The molecule has 4 amide bonds. The highest BCUT2D eigenvalue weighted by Crippen LogP contribution is 1.68. The molecule has 6 N–H and O–H groups in total. The van der Waals surface area contributed by atoms with Gasteiger partial charge in [0.25, 0.3) is 0 Å². The Hall–Kier alpha value is -2.32. The van der Waals surface area contributed by atoms with E-state index >= 15 is 0 Å². The molecule has 0 aliphatic rings. The van der Waals surface area contributed by atoms with E-state index < -0.39 is 30.4 Å². The first-order valence-corrected chi connectivity index (χ1v) is 4.20. The van der Waals surface area contributed by atoms with Crippen LogP contribution in [0.3, 0.4) is 0 Å². The van der Waals surface area contributed by atoms with Crippen LogP contribution in [-0.4, -0.2) is 48.6 Å². The molecule has 0 aliphatic carbocycles. The Balaban J connectivity index is 3.63. The van der Waals surface area contributed by atoms with E-state index in [1.807, 2.05) is 10.6 Å². The molecule has 0 fully saturated rings. The Morgan fingerprint density at radius 2 is 1.31 bits per heavy atom. The fraction of sp³-hybridized carbons (Fsp3) is 0.429. The second kappa shape index (κ2) is 7.04. The number of carboxylic acid groups (broad SMARTS) is 1. The summed E-state index contributed by atoms with van der Waals surface area (Å²) in [6, 6.07) is -0.856. The molecule has 90 valence electrons. The van der Waals surface area contributed by atoms with Crippen LogP contribution < -0.4 is 21.7 Å². The zero-order chi connectivity index (χ0) is 12.6. The van der Waals surface area contributed by atoms with Gasteiger partial charge in [-0.25, -0.2) is 4.79 Å². The van der Waals surface area contributed by atoms with Gasteiger partial charge in [-0.15, -0.1) is 0 Å². The van der Waals surface area contributed by atoms with Crippen LogP contribution in [0.15, 0.2) is 0 Å². The van der Waals surface area contributed by atoms with E-state index in [4.69, 9.17) is 10.8 Å². The molecule has 0 aliphatic heterocycles. The van der Waals surface area contributed by atoms with E-state index in [1.165, 1.54) is 0 Å². The maximum absolute atomic E-state index is 10.9. The van der Waals surface area contributed by atoms with Crippen molar-refractivity contribution in [2.45, 2.75) is 0 Å². The van der Waals surface area contributed by atoms with Gasteiger partial charge < -0.3 is 26.8 Å². The minimum absolute atomic E-state index is 0.346. The zero-order valence-corrected chi connectivity index (χ0v) is 8.28. The number of urea groups is 1. The average Bonchev–Trinajstić information content (AvgIpc) is 2.20. The molecule has 0 unspecified atom stereocenters. The van der Waals surface area contributed by atoms with Crippen LogP contribution in [-0.2, 0) is 14.4 Å². The minimum Gasteiger partial charge on any atom is -0.480 e. The summed E-state index contributed by atoms with van der Waals surface area (Å²) in [5, 5.41) is 14.4. The fourth-order valence-corrected chi connectivity index (χ4v) is 0.645. The van der Waals surface area contributed by atoms with E-state index in [0.717, 1.165) is 0 Å². The molecule has 0 aromatic heterocycles. The normalized spacial score (nSPS) is 9.00. The SMILES string of the molecule is NC(=O)NCC(=O)NCC(=O)NCC(=O)O. The Kier molecular flexibility index (Phi) is 6.02. The Labute approximate surface area is 90.4 Å². The molecule has 0 saturated carbocycles. The summed E-state index contributed by atoms with van der Waals surface area (Å²) < 4.78 is 0. The number of carbonyl (C=O) groups excluding carboxylic acids is 3. The molecular formula is C7H12N4O5. The number of rotatable bonds is 6. The number of primary amides is 1. The van der Waals surface area contributed by atoms with Crippen LogP contribution in [0.1, 0.15) is 0 Å². The molecule has 0 radical (unpaired) electrons. The van der Waals surface area contributed by atoms with Crippen molar-refractivity contribution in [2.24, 2.45) is 5.73 Å². The smallest absolute Gasteiger partial charge is 0.322 e. The van der Waals surface area contributed by atoms with Crippen LogP contribution in [0.25, 0.3) is 0 Å². The Morgan fingerprint density at radius 1 is 0.875 bits per heavy atom. The Bertz CT molecular complexity index is 273. The number of carboxylic acids is 1. The molecule has 9 nitrogen and oxygen atoms in total. The predicted octanol–water partition coefficient (Wildman–Crippen LogP) is -3.03. The lowest BCUT2D eigenvalue weighted by Crippen LogP contribution is -2.43. The van der Waals surface area contributed by atoms with Gasteiger partial charge in [0.15, 0.2) is 0 Å². The average molecular weight is 232 g/mol. The zero-order valence-electron chi connectivity index (χ0n) is 8.28. The third kappa shape index (κ3) is 8.29. The molecule has 9 heteroatoms. The molecule has 16 heavy (non-hydrogen) atoms. The van der Waals surface area contributed by atoms with Crippen molar-refractivity contribution in [3.63, 3.8) is 0 Å². The summed E-state index contributed by atoms with van der Waals surface area (Å²) in [5.74, 6) is -2.44. The number of nitrogens with one attached hydrogen (secondary N) is 3. The van der Waals surface area contributed by atoms with Crippen LogP contribution in [0.4, 0.5) is 4.79 Å². The van der Waals surface area contributed by atoms with E-state index in [2.05, 4.69) is 5.32 Å². The third-order valence-electron chi connectivity index (χ3n) is 1.31. The molecule has 0 heterocycles. The van der Waals surface area contributed by atoms with Crippen LogP contribution in [0.2, 0.25) is 0 Å². The van der Waals surface area contributed by atoms with Crippen molar-refractivity contribution in [3.05, 3.63) is 0 Å². The quantitative estimate of drug-likeness (QED) is 0.330. The van der Waals surface area contributed by atoms with Gasteiger partial charge in [-0.1, -0.05) is 0 Å². The van der Waals surface area contributed by atoms with Crippen LogP contribution in [0.5, 0.6) is 0 Å². The summed E-state index contributed by atoms with van der Waals surface area (Å²) in [5.41, 5.74) is 4.70. The molecular weight excluding hydrogens is 220 g/mol. The summed E-state index contributed by atoms with van der Waals surface area (Å²) in [7, 11) is 0. The summed E-state index contributed by atoms with van der Waals surface area (Å²) in [6.07, 6.45) is 0. The monoisotopic (exact) mass is 232 g/mol. The van der Waals surface area contributed by atoms with Crippen molar-refractivity contribution in [3.8, 4) is 0 Å². The Morgan fingerprint density at radius 3 is 1.75 bits per heavy atom. The standard InChI is InChI=1S/C7H12N4O5/c8-7(16)11-2-5(13)9-1-4(12)10-3-6(14)15/h1-3H2,(H,9,13)(H,10,12)(H,14,15)(H3,8,11,16). The van der Waals surface area contributed by atoms with Crippen molar-refractivity contribution >= 4 is 23.8 Å². The number of aliphatic carboxylic acids is 1. The number of hydrogen-bond donors (Lipinski definition) is 5. The topological polar surface area (TPSA) is 151 Å². The fourth-order valence-electron chi connectivity index (χ4n) is 0.645. The molecule has 0 spiro atoms. The summed E-state index contributed by atoms with van der Waals surface area (Å²) in [6.45, 7) is -1.23. The van der Waals surface area contributed by atoms with Gasteiger partial charge in [-0.2, -0.15) is 0 Å². The number of amides is 4. The molecule has 0 rings (SSSR count). The molecule has 0 saturated heterocycles. The van der Waals surface area contributed by atoms with Crippen LogP contribution >= 0.6 is 0 Å². The van der Waals surface area contributed by atoms with Crippen LogP contribution in [0, 0.1) is 0 Å². The van der Waals surface area contributed by atoms with Gasteiger partial charge in [0.05, 0.1) is 13.1 Å². The van der Waals surface area contributed by atoms with Crippen molar-refractivity contribution in [1.82, 2.24) is 16.0 Å². The minimum atomic E-state index is -1.19. The lowest BCUT2D eigenvalue weighted by molar-refractivity contribution is -0.137. The lowest BCUT2D eigenvalue weighted by atomic mass is 10.5. The van der Waals surface area contributed by atoms with E-state index in [-0.39, 0.29) is 13.1 Å². The van der Waals surface area contributed by atoms with E-state index in [9.17, 15) is 19.2 Å². The number of carbonyl (C=O) groups is 4. The maximum atomic E-state index is 10.9. The predicted molar refractivity (Wildman–Crippen MR) is 51.2 cm³/mol. The van der Waals surface area contributed by atoms with E-state index in [0.29, 0.717) is 0 Å². The summed E-state index contributed by atoms with van der Waals surface area (Å²) in [4.78, 5) is 42.1. The molecule has 0 bridgehead atoms. The van der Waals surface area contributed by atoms with Gasteiger partial charge in [0.2, 0.25) is 11.8 Å². The van der Waals surface area contributed by atoms with Crippen molar-refractivity contribution in [2.75, 3.05) is 19.6 Å². The molecule has 0 atom stereocenters. The third-order valence-corrected chi connectivity index (χ3v) is 1.31. The van der Waals surface area contributed by atoms with Gasteiger partial charge in [-0.05, 0) is 0 Å². The van der Waals surface area contributed by atoms with Crippen molar-refractivity contribution < 1.29 is 24.3 Å². The second-order valence-electron chi connectivity index (χ2n) is 2.67. The first kappa shape index (κ1) is 13.7. The van der Waals surface area contributed by atoms with Gasteiger partial charge in [0.1, 0.15) is 6.54 Å². The maximum Gasteiger partial charge on any atom is 0.322 e. The first-order valence-electron chi connectivity index (χ1n) is 4.20. The first-order chi connectivity index (χ1) is 7.41. The molecule has 0 aromatic rings. The lowest BCUT2D eigenvalue weighted by Gasteiger charge is -2.05. The number of nitrogens with two attached hydrogens (primary N) is 1. The highest BCUT2D eigenvalue weighted by atomic mass is 16.4. The highest BCUT2D eigenvalue weighted by molar-refractivity contribution is 5.88. The summed E-state index contributed by atoms with van der Waals surface area (Å²) >= 11 is 0. The van der Waals surface area contributed by atoms with Gasteiger partial charge in [-0.3, -0.25) is 14.4 Å². The highest BCUT2D eigenvalue weighted by Gasteiger charge is 2.06. The largest absolute Gasteiger partial charge is 0.480 e. The number of hydrogen-bond acceptors (Lipinski definition) is 4. The van der Waals surface area contributed by atoms with Crippen molar-refractivity contribution in [1.29, 1.82) is 0 Å². The second-order valence-corrected chi connectivity index (χ2v) is 2.67. The van der Waals surface area contributed by atoms with Gasteiger partial charge >= 0.3 is 12.0 Å². The molecule has 0 aromatic carbocycles. The van der Waals surface area contributed by atoms with E-state index in [1.54, 1.807) is 0 Å². The van der Waals surface area contributed by atoms with Gasteiger partial charge in [0, 0.05) is 0 Å².